The number of anilines is 1. The number of nitrogens with one attached hydrogen (secondary N) is 2. The zero-order valence-electron chi connectivity index (χ0n) is 15.0. The fourth-order valence-corrected chi connectivity index (χ4v) is 4.56. The second kappa shape index (κ2) is 7.23. The Balaban J connectivity index is 1.37. The summed E-state index contributed by atoms with van der Waals surface area (Å²) in [4.78, 5) is 26.6. The molecule has 136 valence electrons. The van der Waals surface area contributed by atoms with Crippen LogP contribution in [0.3, 0.4) is 0 Å². The first-order valence-electron chi connectivity index (χ1n) is 9.43. The fourth-order valence-electron chi connectivity index (χ4n) is 3.40. The number of rotatable bonds is 5. The van der Waals surface area contributed by atoms with Crippen molar-refractivity contribution < 1.29 is 9.59 Å². The first-order valence-corrected chi connectivity index (χ1v) is 10.2. The molecule has 4 nitrogen and oxygen atoms in total. The number of carbonyl (C=O) groups excluding carboxylic acids is 2. The lowest BCUT2D eigenvalue weighted by molar-refractivity contribution is -0.117. The Morgan fingerprint density at radius 2 is 1.85 bits per heavy atom. The molecule has 2 aliphatic rings. The van der Waals surface area contributed by atoms with E-state index < -0.39 is 0 Å². The van der Waals surface area contributed by atoms with Gasteiger partial charge in [0, 0.05) is 16.5 Å². The van der Waals surface area contributed by atoms with E-state index in [2.05, 4.69) is 16.7 Å². The van der Waals surface area contributed by atoms with Crippen molar-refractivity contribution >= 4 is 28.8 Å². The van der Waals surface area contributed by atoms with Gasteiger partial charge in [0.1, 0.15) is 0 Å². The van der Waals surface area contributed by atoms with Gasteiger partial charge in [0.15, 0.2) is 0 Å². The van der Waals surface area contributed by atoms with Crippen LogP contribution in [0, 0.1) is 5.92 Å². The summed E-state index contributed by atoms with van der Waals surface area (Å²) >= 11 is 1.64. The highest BCUT2D eigenvalue weighted by atomic mass is 32.1. The number of thiophene rings is 1. The van der Waals surface area contributed by atoms with E-state index in [9.17, 15) is 9.59 Å². The lowest BCUT2D eigenvalue weighted by atomic mass is 9.99. The van der Waals surface area contributed by atoms with Gasteiger partial charge in [-0.15, -0.1) is 11.3 Å². The third kappa shape index (κ3) is 3.83. The van der Waals surface area contributed by atoms with Crippen molar-refractivity contribution in [1.29, 1.82) is 0 Å². The van der Waals surface area contributed by atoms with E-state index in [0.717, 1.165) is 41.8 Å². The quantitative estimate of drug-likeness (QED) is 0.818. The topological polar surface area (TPSA) is 58.2 Å². The minimum absolute atomic E-state index is 0.00279. The highest BCUT2D eigenvalue weighted by molar-refractivity contribution is 7.14. The molecular weight excluding hydrogens is 344 g/mol. The first-order chi connectivity index (χ1) is 12.6. The summed E-state index contributed by atoms with van der Waals surface area (Å²) in [6.07, 6.45) is 6.66. The minimum Gasteiger partial charge on any atom is -0.345 e. The molecule has 2 amide bonds. The molecule has 1 fully saturated rings. The monoisotopic (exact) mass is 368 g/mol. The van der Waals surface area contributed by atoms with Crippen molar-refractivity contribution in [2.24, 2.45) is 5.92 Å². The molecule has 2 aliphatic carbocycles. The molecule has 0 radical (unpaired) electrons. The lowest BCUT2D eigenvalue weighted by Crippen LogP contribution is -2.25. The third-order valence-electron chi connectivity index (χ3n) is 5.19. The second-order valence-corrected chi connectivity index (χ2v) is 8.48. The minimum atomic E-state index is -0.0742. The van der Waals surface area contributed by atoms with E-state index in [1.54, 1.807) is 11.3 Å². The van der Waals surface area contributed by atoms with E-state index in [-0.39, 0.29) is 23.8 Å². The van der Waals surface area contributed by atoms with Crippen LogP contribution in [0.2, 0.25) is 0 Å². The molecule has 5 heteroatoms. The van der Waals surface area contributed by atoms with Crippen LogP contribution in [-0.2, 0) is 17.6 Å². The molecule has 26 heavy (non-hydrogen) atoms. The number of aryl methyl sites for hydroxylation is 2. The van der Waals surface area contributed by atoms with Crippen molar-refractivity contribution in [3.8, 4) is 0 Å². The van der Waals surface area contributed by atoms with Crippen LogP contribution in [0.15, 0.2) is 30.3 Å². The first kappa shape index (κ1) is 17.3. The van der Waals surface area contributed by atoms with Gasteiger partial charge in [-0.2, -0.15) is 0 Å². The normalized spacial score (nSPS) is 17.3. The molecule has 2 N–H and O–H groups in total. The number of hydrogen-bond acceptors (Lipinski definition) is 3. The number of hydrogen-bond donors (Lipinski definition) is 2. The molecule has 4 rings (SSSR count). The van der Waals surface area contributed by atoms with Gasteiger partial charge in [-0.05, 0) is 74.8 Å². The molecule has 1 saturated carbocycles. The summed E-state index contributed by atoms with van der Waals surface area (Å²) in [5, 5.41) is 6.03. The Morgan fingerprint density at radius 3 is 2.54 bits per heavy atom. The second-order valence-electron chi connectivity index (χ2n) is 7.35. The molecule has 0 aliphatic heterocycles. The summed E-state index contributed by atoms with van der Waals surface area (Å²) in [5.41, 5.74) is 3.20. The highest BCUT2D eigenvalue weighted by Gasteiger charge is 2.29. The maximum absolute atomic E-state index is 12.6. The fraction of sp³-hybridized carbons (Fsp3) is 0.429. The third-order valence-corrected chi connectivity index (χ3v) is 6.43. The van der Waals surface area contributed by atoms with Gasteiger partial charge in [-0.1, -0.05) is 12.1 Å². The Kier molecular flexibility index (Phi) is 4.81. The Bertz CT molecular complexity index is 798. The molecule has 0 saturated heterocycles. The van der Waals surface area contributed by atoms with E-state index in [4.69, 9.17) is 0 Å². The van der Waals surface area contributed by atoms with Crippen LogP contribution < -0.4 is 10.6 Å². The van der Waals surface area contributed by atoms with Crippen LogP contribution in [0.1, 0.15) is 64.3 Å². The van der Waals surface area contributed by atoms with Crippen LogP contribution in [-0.4, -0.2) is 11.8 Å². The molecule has 2 aromatic rings. The zero-order valence-corrected chi connectivity index (χ0v) is 15.8. The largest absolute Gasteiger partial charge is 0.345 e. The van der Waals surface area contributed by atoms with Gasteiger partial charge in [-0.3, -0.25) is 9.59 Å². The zero-order chi connectivity index (χ0) is 18.1. The van der Waals surface area contributed by atoms with Gasteiger partial charge < -0.3 is 10.6 Å². The summed E-state index contributed by atoms with van der Waals surface area (Å²) in [6.45, 7) is 1.99. The Hall–Kier alpha value is -2.14. The SMILES string of the molecule is CC(NC(=O)c1cc2c(s1)CCCC2)c1ccc(NC(=O)C2CC2)cc1. The molecule has 1 aromatic carbocycles. The van der Waals surface area contributed by atoms with Crippen LogP contribution in [0.4, 0.5) is 5.69 Å². The highest BCUT2D eigenvalue weighted by Crippen LogP contribution is 2.31. The van der Waals surface area contributed by atoms with Gasteiger partial charge in [0.2, 0.25) is 5.91 Å². The van der Waals surface area contributed by atoms with Gasteiger partial charge >= 0.3 is 0 Å². The molecule has 0 spiro atoms. The average molecular weight is 369 g/mol. The van der Waals surface area contributed by atoms with Crippen molar-refractivity contribution in [3.63, 3.8) is 0 Å². The van der Waals surface area contributed by atoms with Crippen LogP contribution in [0.25, 0.3) is 0 Å². The van der Waals surface area contributed by atoms with Crippen molar-refractivity contribution in [2.75, 3.05) is 5.32 Å². The number of carbonyl (C=O) groups is 2. The van der Waals surface area contributed by atoms with E-state index in [0.29, 0.717) is 0 Å². The maximum atomic E-state index is 12.6. The molecule has 1 atom stereocenters. The predicted octanol–water partition coefficient (Wildman–Crippen LogP) is 4.47. The number of amides is 2. The summed E-state index contributed by atoms with van der Waals surface area (Å²) in [6, 6.07) is 9.73. The van der Waals surface area contributed by atoms with Gasteiger partial charge in [-0.25, -0.2) is 0 Å². The summed E-state index contributed by atoms with van der Waals surface area (Å²) < 4.78 is 0. The Labute approximate surface area is 158 Å². The summed E-state index contributed by atoms with van der Waals surface area (Å²) in [5.74, 6) is 0.313. The van der Waals surface area contributed by atoms with Crippen molar-refractivity contribution in [1.82, 2.24) is 5.32 Å². The van der Waals surface area contributed by atoms with Crippen LogP contribution in [0.5, 0.6) is 0 Å². The molecular formula is C21H24N2O2S. The van der Waals surface area contributed by atoms with E-state index in [1.807, 2.05) is 31.2 Å². The van der Waals surface area contributed by atoms with Crippen molar-refractivity contribution in [3.05, 3.63) is 51.2 Å². The van der Waals surface area contributed by atoms with E-state index >= 15 is 0 Å². The number of benzene rings is 1. The van der Waals surface area contributed by atoms with Gasteiger partial charge in [0.05, 0.1) is 10.9 Å². The van der Waals surface area contributed by atoms with E-state index in [1.165, 1.54) is 23.3 Å². The van der Waals surface area contributed by atoms with Crippen molar-refractivity contribution in [2.45, 2.75) is 51.5 Å². The molecule has 1 aromatic heterocycles. The average Bonchev–Trinajstić information content (AvgIpc) is 3.41. The molecule has 0 bridgehead atoms. The Morgan fingerprint density at radius 1 is 1.12 bits per heavy atom. The molecule has 1 unspecified atom stereocenters. The standard InChI is InChI=1S/C21H24N2O2S/c1-13(14-8-10-17(11-9-14)23-20(24)15-6-7-15)22-21(25)19-12-16-4-2-3-5-18(16)26-19/h8-13,15H,2-7H2,1H3,(H,22,25)(H,23,24). The van der Waals surface area contributed by atoms with Crippen LogP contribution >= 0.6 is 11.3 Å². The lowest BCUT2D eigenvalue weighted by Gasteiger charge is -2.14. The maximum Gasteiger partial charge on any atom is 0.261 e. The smallest absolute Gasteiger partial charge is 0.261 e. The predicted molar refractivity (Wildman–Crippen MR) is 105 cm³/mol. The number of fused-ring (bicyclic) bond motifs is 1. The van der Waals surface area contributed by atoms with Gasteiger partial charge in [0.25, 0.3) is 5.91 Å². The summed E-state index contributed by atoms with van der Waals surface area (Å²) in [7, 11) is 0. The molecule has 1 heterocycles.